The summed E-state index contributed by atoms with van der Waals surface area (Å²) in [6.07, 6.45) is 1.88. The van der Waals surface area contributed by atoms with Crippen molar-refractivity contribution in [3.05, 3.63) is 100 Å². The van der Waals surface area contributed by atoms with Gasteiger partial charge in [-0.3, -0.25) is 4.98 Å². The van der Waals surface area contributed by atoms with Crippen molar-refractivity contribution in [1.82, 2.24) is 10.3 Å². The second kappa shape index (κ2) is 9.90. The van der Waals surface area contributed by atoms with Crippen LogP contribution < -0.4 is 15.0 Å². The number of hydrogen-bond donors (Lipinski definition) is 1. The van der Waals surface area contributed by atoms with Crippen molar-refractivity contribution >= 4 is 46.2 Å². The minimum atomic E-state index is -0.259. The molecule has 1 fully saturated rings. The molecule has 1 saturated heterocycles. The number of anilines is 1. The maximum atomic E-state index is 6.38. The molecule has 5 rings (SSSR count). The highest BCUT2D eigenvalue weighted by Gasteiger charge is 2.42. The lowest BCUT2D eigenvalue weighted by Crippen LogP contribution is -2.29. The van der Waals surface area contributed by atoms with Gasteiger partial charge in [0.05, 0.1) is 27.9 Å². The quantitative estimate of drug-likeness (QED) is 0.262. The van der Waals surface area contributed by atoms with Crippen LogP contribution in [0.1, 0.15) is 37.4 Å². The van der Waals surface area contributed by atoms with Gasteiger partial charge in [0, 0.05) is 17.4 Å². The molecular weight excluding hydrogens is 501 g/mol. The predicted molar refractivity (Wildman–Crippen MR) is 144 cm³/mol. The van der Waals surface area contributed by atoms with Crippen LogP contribution in [0.2, 0.25) is 10.0 Å². The van der Waals surface area contributed by atoms with Crippen LogP contribution >= 0.6 is 35.4 Å². The van der Waals surface area contributed by atoms with Crippen molar-refractivity contribution in [2.45, 2.75) is 32.0 Å². The second-order valence-corrected chi connectivity index (χ2v) is 9.69. The highest BCUT2D eigenvalue weighted by molar-refractivity contribution is 7.80. The molecule has 2 aromatic carbocycles. The fourth-order valence-corrected chi connectivity index (χ4v) is 4.84. The Bertz CT molecular complexity index is 1340. The zero-order valence-corrected chi connectivity index (χ0v) is 21.4. The molecule has 0 unspecified atom stereocenters. The number of pyridine rings is 1. The second-order valence-electron chi connectivity index (χ2n) is 8.49. The van der Waals surface area contributed by atoms with E-state index in [0.29, 0.717) is 20.9 Å². The van der Waals surface area contributed by atoms with Gasteiger partial charge in [0.1, 0.15) is 23.3 Å². The molecule has 8 heteroatoms. The molecule has 4 aromatic rings. The largest absolute Gasteiger partial charge is 0.491 e. The Hall–Kier alpha value is -3.06. The maximum Gasteiger partial charge on any atom is 0.174 e. The summed E-state index contributed by atoms with van der Waals surface area (Å²) in [5.41, 5.74) is 2.64. The molecule has 2 atom stereocenters. The summed E-state index contributed by atoms with van der Waals surface area (Å²) >= 11 is 18.1. The van der Waals surface area contributed by atoms with Crippen LogP contribution in [0.5, 0.6) is 5.75 Å². The Morgan fingerprint density at radius 2 is 1.80 bits per heavy atom. The van der Waals surface area contributed by atoms with Crippen LogP contribution in [-0.2, 0) is 0 Å². The zero-order chi connectivity index (χ0) is 24.5. The van der Waals surface area contributed by atoms with Gasteiger partial charge in [0.15, 0.2) is 5.11 Å². The third-order valence-corrected chi connectivity index (χ3v) is 6.76. The van der Waals surface area contributed by atoms with E-state index in [2.05, 4.69) is 15.2 Å². The Morgan fingerprint density at radius 3 is 2.49 bits per heavy atom. The first-order valence-electron chi connectivity index (χ1n) is 11.2. The Morgan fingerprint density at radius 1 is 1.00 bits per heavy atom. The molecule has 178 valence electrons. The zero-order valence-electron chi connectivity index (χ0n) is 19.1. The molecule has 35 heavy (non-hydrogen) atoms. The Balaban J connectivity index is 1.55. The first kappa shape index (κ1) is 23.7. The normalized spacial score (nSPS) is 17.6. The molecule has 1 aliphatic heterocycles. The van der Waals surface area contributed by atoms with Gasteiger partial charge in [-0.15, -0.1) is 0 Å². The monoisotopic (exact) mass is 523 g/mol. The van der Waals surface area contributed by atoms with E-state index < -0.39 is 0 Å². The number of thiocarbonyl (C=S) groups is 1. The van der Waals surface area contributed by atoms with Gasteiger partial charge in [-0.25, -0.2) is 0 Å². The molecule has 3 heterocycles. The molecule has 5 nitrogen and oxygen atoms in total. The summed E-state index contributed by atoms with van der Waals surface area (Å²) in [7, 11) is 0. The van der Waals surface area contributed by atoms with E-state index in [-0.39, 0.29) is 18.2 Å². The van der Waals surface area contributed by atoms with Gasteiger partial charge in [-0.05, 0) is 92.8 Å². The summed E-state index contributed by atoms with van der Waals surface area (Å²) in [4.78, 5) is 6.65. The van der Waals surface area contributed by atoms with Gasteiger partial charge >= 0.3 is 0 Å². The third kappa shape index (κ3) is 4.87. The van der Waals surface area contributed by atoms with Crippen molar-refractivity contribution in [3.63, 3.8) is 0 Å². The number of hydrogen-bond acceptors (Lipinski definition) is 4. The van der Waals surface area contributed by atoms with Crippen LogP contribution in [0.4, 0.5) is 5.69 Å². The van der Waals surface area contributed by atoms with E-state index >= 15 is 0 Å². The molecule has 0 amide bonds. The Labute approximate surface area is 219 Å². The Kier molecular flexibility index (Phi) is 6.69. The molecule has 0 saturated carbocycles. The van der Waals surface area contributed by atoms with E-state index in [1.807, 2.05) is 74.5 Å². The molecule has 0 bridgehead atoms. The molecule has 2 aromatic heterocycles. The van der Waals surface area contributed by atoms with Crippen molar-refractivity contribution in [2.24, 2.45) is 0 Å². The number of furan rings is 1. The maximum absolute atomic E-state index is 6.38. The van der Waals surface area contributed by atoms with Gasteiger partial charge in [0.2, 0.25) is 0 Å². The summed E-state index contributed by atoms with van der Waals surface area (Å²) in [6, 6.07) is 22.6. The molecule has 1 aliphatic rings. The lowest BCUT2D eigenvalue weighted by molar-refractivity contribution is 0.242. The van der Waals surface area contributed by atoms with Crippen LogP contribution in [0.25, 0.3) is 11.3 Å². The smallest absolute Gasteiger partial charge is 0.174 e. The topological polar surface area (TPSA) is 50.5 Å². The van der Waals surface area contributed by atoms with Crippen molar-refractivity contribution in [1.29, 1.82) is 0 Å². The standard InChI is InChI=1S/C27H23Cl2N3O2S/c1-16(2)33-19-9-7-18(8-10-19)32-26(25(31-27(32)35)22-5-3-4-14-30-22)24-13-12-23(34-24)17-6-11-20(28)21(29)15-17/h3-16,25-26H,1-2H3,(H,31,35)/t25-,26-/m0/s1. The number of rotatable bonds is 6. The average molecular weight is 524 g/mol. The van der Waals surface area contributed by atoms with Gasteiger partial charge in [0.25, 0.3) is 0 Å². The SMILES string of the molecule is CC(C)Oc1ccc(N2C(=S)N[C@@H](c3ccccn3)[C@@H]2c2ccc(-c3ccc(Cl)c(Cl)c3)o2)cc1. The van der Waals surface area contributed by atoms with E-state index in [1.54, 1.807) is 18.3 Å². The number of halogens is 2. The highest BCUT2D eigenvalue weighted by Crippen LogP contribution is 2.43. The van der Waals surface area contributed by atoms with Crippen LogP contribution in [0.3, 0.4) is 0 Å². The molecule has 0 aliphatic carbocycles. The van der Waals surface area contributed by atoms with E-state index in [9.17, 15) is 0 Å². The van der Waals surface area contributed by atoms with Crippen LogP contribution in [-0.4, -0.2) is 16.2 Å². The van der Waals surface area contributed by atoms with Crippen LogP contribution in [0.15, 0.2) is 83.4 Å². The lowest BCUT2D eigenvalue weighted by Gasteiger charge is -2.26. The van der Waals surface area contributed by atoms with Crippen molar-refractivity contribution in [3.8, 4) is 17.1 Å². The molecular formula is C27H23Cl2N3O2S. The van der Waals surface area contributed by atoms with Gasteiger partial charge < -0.3 is 19.4 Å². The summed E-state index contributed by atoms with van der Waals surface area (Å²) in [6.45, 7) is 4.01. The summed E-state index contributed by atoms with van der Waals surface area (Å²) in [5, 5.41) is 5.01. The summed E-state index contributed by atoms with van der Waals surface area (Å²) < 4.78 is 12.2. The number of ether oxygens (including phenoxy) is 1. The van der Waals surface area contributed by atoms with Crippen LogP contribution in [0, 0.1) is 0 Å². The number of aromatic nitrogens is 1. The van der Waals surface area contributed by atoms with Gasteiger partial charge in [-0.1, -0.05) is 29.3 Å². The average Bonchev–Trinajstić information content (AvgIpc) is 3.46. The van der Waals surface area contributed by atoms with Crippen molar-refractivity contribution in [2.75, 3.05) is 4.90 Å². The molecule has 0 radical (unpaired) electrons. The summed E-state index contributed by atoms with van der Waals surface area (Å²) in [5.74, 6) is 2.24. The third-order valence-electron chi connectivity index (χ3n) is 5.71. The number of benzene rings is 2. The molecule has 0 spiro atoms. The van der Waals surface area contributed by atoms with Gasteiger partial charge in [-0.2, -0.15) is 0 Å². The lowest BCUT2D eigenvalue weighted by atomic mass is 10.0. The fourth-order valence-electron chi connectivity index (χ4n) is 4.20. The minimum absolute atomic E-state index is 0.0968. The molecule has 1 N–H and O–H groups in total. The minimum Gasteiger partial charge on any atom is -0.491 e. The van der Waals surface area contributed by atoms with E-state index in [4.69, 9.17) is 44.6 Å². The first-order valence-corrected chi connectivity index (χ1v) is 12.4. The predicted octanol–water partition coefficient (Wildman–Crippen LogP) is 7.61. The highest BCUT2D eigenvalue weighted by atomic mass is 35.5. The number of nitrogens with one attached hydrogen (secondary N) is 1. The van der Waals surface area contributed by atoms with E-state index in [1.165, 1.54) is 0 Å². The first-order chi connectivity index (χ1) is 16.9. The fraction of sp³-hybridized carbons (Fsp3) is 0.185. The van der Waals surface area contributed by atoms with E-state index in [0.717, 1.165) is 28.5 Å². The van der Waals surface area contributed by atoms with Crippen molar-refractivity contribution < 1.29 is 9.15 Å². The number of nitrogens with zero attached hydrogens (tertiary/aromatic N) is 2.